The molecule has 0 bridgehead atoms. The van der Waals surface area contributed by atoms with E-state index in [1.807, 2.05) is 0 Å². The second-order valence-corrected chi connectivity index (χ2v) is 5.26. The van der Waals surface area contributed by atoms with Crippen molar-refractivity contribution in [2.75, 3.05) is 0 Å². The molecule has 1 aromatic heterocycles. The van der Waals surface area contributed by atoms with Crippen molar-refractivity contribution in [3.63, 3.8) is 0 Å². The third kappa shape index (κ3) is 3.00. The van der Waals surface area contributed by atoms with E-state index in [1.54, 1.807) is 6.07 Å². The molecular formula is C14H6F6N2S. The zero-order valence-electron chi connectivity index (χ0n) is 11.0. The van der Waals surface area contributed by atoms with Crippen molar-refractivity contribution < 1.29 is 26.3 Å². The van der Waals surface area contributed by atoms with Crippen LogP contribution in [-0.2, 0) is 12.4 Å². The van der Waals surface area contributed by atoms with Crippen LogP contribution in [0.25, 0.3) is 22.2 Å². The summed E-state index contributed by atoms with van der Waals surface area (Å²) in [5, 5.41) is 0. The van der Waals surface area contributed by atoms with Gasteiger partial charge in [-0.05, 0) is 29.8 Å². The Kier molecular flexibility index (Phi) is 3.55. The van der Waals surface area contributed by atoms with E-state index in [0.717, 1.165) is 11.7 Å². The lowest BCUT2D eigenvalue weighted by Crippen LogP contribution is -2.11. The van der Waals surface area contributed by atoms with Crippen molar-refractivity contribution in [3.8, 4) is 11.1 Å². The number of halogens is 6. The number of aromatic nitrogens is 2. The Morgan fingerprint density at radius 3 is 1.96 bits per heavy atom. The molecule has 2 nitrogen and oxygen atoms in total. The summed E-state index contributed by atoms with van der Waals surface area (Å²) in [6, 6.07) is 5.97. The van der Waals surface area contributed by atoms with Crippen molar-refractivity contribution in [2.45, 2.75) is 12.4 Å². The topological polar surface area (TPSA) is 25.8 Å². The fraction of sp³-hybridized carbons (Fsp3) is 0.143. The van der Waals surface area contributed by atoms with E-state index in [2.05, 4.69) is 8.75 Å². The van der Waals surface area contributed by atoms with E-state index < -0.39 is 23.5 Å². The maximum Gasteiger partial charge on any atom is 0.416 e. The van der Waals surface area contributed by atoms with Crippen LogP contribution in [0.3, 0.4) is 0 Å². The summed E-state index contributed by atoms with van der Waals surface area (Å²) < 4.78 is 85.4. The number of fused-ring (bicyclic) bond motifs is 1. The van der Waals surface area contributed by atoms with Crippen LogP contribution in [0.15, 0.2) is 36.4 Å². The van der Waals surface area contributed by atoms with Gasteiger partial charge in [0.25, 0.3) is 0 Å². The minimum absolute atomic E-state index is 0.100. The molecule has 0 spiro atoms. The fourth-order valence-corrected chi connectivity index (χ4v) is 2.70. The van der Waals surface area contributed by atoms with E-state index in [4.69, 9.17) is 0 Å². The molecule has 0 saturated carbocycles. The number of alkyl halides is 6. The molecule has 0 atom stereocenters. The predicted octanol–water partition coefficient (Wildman–Crippen LogP) is 5.40. The lowest BCUT2D eigenvalue weighted by molar-refractivity contribution is -0.143. The number of nitrogens with zero attached hydrogens (tertiary/aromatic N) is 2. The van der Waals surface area contributed by atoms with Gasteiger partial charge in [-0.1, -0.05) is 12.1 Å². The van der Waals surface area contributed by atoms with Crippen molar-refractivity contribution >= 4 is 22.8 Å². The Balaban J connectivity index is 2.29. The van der Waals surface area contributed by atoms with Crippen LogP contribution in [0.1, 0.15) is 11.1 Å². The second kappa shape index (κ2) is 5.19. The molecule has 0 unspecified atom stereocenters. The lowest BCUT2D eigenvalue weighted by atomic mass is 9.98. The summed E-state index contributed by atoms with van der Waals surface area (Å²) in [6.07, 6.45) is -9.77. The highest BCUT2D eigenvalue weighted by molar-refractivity contribution is 7.00. The molecule has 0 aliphatic heterocycles. The summed E-state index contributed by atoms with van der Waals surface area (Å²) in [5.41, 5.74) is -2.06. The zero-order chi connectivity index (χ0) is 16.8. The molecule has 23 heavy (non-hydrogen) atoms. The van der Waals surface area contributed by atoms with Crippen molar-refractivity contribution in [2.24, 2.45) is 0 Å². The molecule has 120 valence electrons. The first-order valence-corrected chi connectivity index (χ1v) is 6.90. The summed E-state index contributed by atoms with van der Waals surface area (Å²) in [4.78, 5) is 0. The second-order valence-electron chi connectivity index (χ2n) is 4.73. The molecule has 0 N–H and O–H groups in total. The van der Waals surface area contributed by atoms with Gasteiger partial charge in [-0.3, -0.25) is 0 Å². The monoisotopic (exact) mass is 348 g/mol. The van der Waals surface area contributed by atoms with Gasteiger partial charge < -0.3 is 0 Å². The molecule has 1 heterocycles. The largest absolute Gasteiger partial charge is 0.416 e. The standard InChI is InChI=1S/C14H6F6N2S/c15-13(16,17)8-4-7(5-9(6-8)14(18,19)20)10-2-1-3-11-12(10)22-23-21-11/h1-6H. The summed E-state index contributed by atoms with van der Waals surface area (Å²) in [5.74, 6) is 0. The van der Waals surface area contributed by atoms with Crippen molar-refractivity contribution in [1.82, 2.24) is 8.75 Å². The van der Waals surface area contributed by atoms with Crippen molar-refractivity contribution in [3.05, 3.63) is 47.5 Å². The highest BCUT2D eigenvalue weighted by Crippen LogP contribution is 2.39. The summed E-state index contributed by atoms with van der Waals surface area (Å²) in [6.45, 7) is 0. The first-order chi connectivity index (χ1) is 10.7. The first kappa shape index (κ1) is 15.7. The molecular weight excluding hydrogens is 342 g/mol. The number of benzene rings is 2. The molecule has 3 rings (SSSR count). The van der Waals surface area contributed by atoms with Crippen molar-refractivity contribution in [1.29, 1.82) is 0 Å². The Morgan fingerprint density at radius 2 is 1.39 bits per heavy atom. The van der Waals surface area contributed by atoms with E-state index in [-0.39, 0.29) is 22.7 Å². The average Bonchev–Trinajstić information content (AvgIpc) is 2.93. The highest BCUT2D eigenvalue weighted by atomic mass is 32.1. The highest BCUT2D eigenvalue weighted by Gasteiger charge is 2.37. The van der Waals surface area contributed by atoms with E-state index in [0.29, 0.717) is 17.6 Å². The van der Waals surface area contributed by atoms with Gasteiger partial charge in [0, 0.05) is 5.56 Å². The Morgan fingerprint density at radius 1 is 0.783 bits per heavy atom. The normalized spacial score (nSPS) is 12.8. The van der Waals surface area contributed by atoms with Crippen LogP contribution in [0.5, 0.6) is 0 Å². The third-order valence-corrected chi connectivity index (χ3v) is 3.73. The van der Waals surface area contributed by atoms with Crippen LogP contribution >= 0.6 is 11.7 Å². The molecule has 0 saturated heterocycles. The number of hydrogen-bond acceptors (Lipinski definition) is 3. The van der Waals surface area contributed by atoms with Gasteiger partial charge in [0.15, 0.2) is 0 Å². The van der Waals surface area contributed by atoms with E-state index >= 15 is 0 Å². The van der Waals surface area contributed by atoms with Gasteiger partial charge in [0.05, 0.1) is 22.9 Å². The van der Waals surface area contributed by atoms with Crippen LogP contribution in [0.4, 0.5) is 26.3 Å². The quantitative estimate of drug-likeness (QED) is 0.551. The zero-order valence-corrected chi connectivity index (χ0v) is 11.9. The Hall–Kier alpha value is -2.16. The van der Waals surface area contributed by atoms with Crippen LogP contribution in [0.2, 0.25) is 0 Å². The van der Waals surface area contributed by atoms with Gasteiger partial charge in [0.1, 0.15) is 11.0 Å². The first-order valence-electron chi connectivity index (χ1n) is 6.17. The molecule has 0 amide bonds. The molecule has 3 aromatic rings. The SMILES string of the molecule is FC(F)(F)c1cc(-c2cccc3nsnc23)cc(C(F)(F)F)c1. The van der Waals surface area contributed by atoms with Gasteiger partial charge in [0.2, 0.25) is 0 Å². The minimum Gasteiger partial charge on any atom is -0.173 e. The van der Waals surface area contributed by atoms with Gasteiger partial charge >= 0.3 is 12.4 Å². The maximum absolute atomic E-state index is 12.9. The van der Waals surface area contributed by atoms with Crippen LogP contribution in [0, 0.1) is 0 Å². The smallest absolute Gasteiger partial charge is 0.173 e. The molecule has 0 aliphatic rings. The Bertz CT molecular complexity index is 833. The van der Waals surface area contributed by atoms with Gasteiger partial charge in [-0.2, -0.15) is 35.1 Å². The molecule has 0 fully saturated rings. The number of hydrogen-bond donors (Lipinski definition) is 0. The van der Waals surface area contributed by atoms with Gasteiger partial charge in [-0.25, -0.2) is 0 Å². The lowest BCUT2D eigenvalue weighted by Gasteiger charge is -2.14. The van der Waals surface area contributed by atoms with E-state index in [9.17, 15) is 26.3 Å². The van der Waals surface area contributed by atoms with Gasteiger partial charge in [-0.15, -0.1) is 0 Å². The predicted molar refractivity (Wildman–Crippen MR) is 72.9 cm³/mol. The Labute approximate surface area is 129 Å². The molecule has 2 aromatic carbocycles. The van der Waals surface area contributed by atoms with Crippen LogP contribution in [-0.4, -0.2) is 8.75 Å². The average molecular weight is 348 g/mol. The van der Waals surface area contributed by atoms with E-state index in [1.165, 1.54) is 12.1 Å². The van der Waals surface area contributed by atoms with Crippen LogP contribution < -0.4 is 0 Å². The number of rotatable bonds is 1. The molecule has 0 radical (unpaired) electrons. The maximum atomic E-state index is 12.9. The fourth-order valence-electron chi connectivity index (χ4n) is 2.15. The third-order valence-electron chi connectivity index (χ3n) is 3.18. The summed E-state index contributed by atoms with van der Waals surface area (Å²) >= 11 is 0.837. The minimum atomic E-state index is -4.88. The summed E-state index contributed by atoms with van der Waals surface area (Å²) in [7, 11) is 0. The molecule has 0 aliphatic carbocycles. The molecule has 9 heteroatoms.